The van der Waals surface area contributed by atoms with Crippen LogP contribution >= 0.6 is 0 Å². The summed E-state index contributed by atoms with van der Waals surface area (Å²) in [6, 6.07) is 26.1. The topological polar surface area (TPSA) is 24.1 Å². The number of hydrogen-bond acceptors (Lipinski definition) is 2. The van der Waals surface area contributed by atoms with Crippen molar-refractivity contribution in [2.24, 2.45) is 0 Å². The van der Waals surface area contributed by atoms with Crippen LogP contribution in [0.4, 0.5) is 17.1 Å². The molecule has 0 heterocycles. The van der Waals surface area contributed by atoms with Crippen molar-refractivity contribution in [2.75, 3.05) is 10.6 Å². The van der Waals surface area contributed by atoms with Gasteiger partial charge in [-0.3, -0.25) is 0 Å². The summed E-state index contributed by atoms with van der Waals surface area (Å²) in [4.78, 5) is 0. The first-order valence-corrected chi connectivity index (χ1v) is 8.54. The van der Waals surface area contributed by atoms with Crippen LogP contribution in [0.2, 0.25) is 0 Å². The zero-order valence-electron chi connectivity index (χ0n) is 13.9. The monoisotopic (exact) mass is 314 g/mol. The second-order valence-corrected chi connectivity index (χ2v) is 6.54. The second-order valence-electron chi connectivity index (χ2n) is 6.54. The SMILES string of the molecule is Cc1ccccc1NC1Cc2ccc(Nc3ccccc3)cc2C1. The van der Waals surface area contributed by atoms with Crippen LogP contribution in [0.3, 0.4) is 0 Å². The minimum Gasteiger partial charge on any atom is -0.381 e. The summed E-state index contributed by atoms with van der Waals surface area (Å²) in [6.07, 6.45) is 2.17. The largest absolute Gasteiger partial charge is 0.381 e. The van der Waals surface area contributed by atoms with Crippen molar-refractivity contribution in [2.45, 2.75) is 25.8 Å². The molecule has 2 nitrogen and oxygen atoms in total. The Hall–Kier alpha value is -2.74. The van der Waals surface area contributed by atoms with E-state index >= 15 is 0 Å². The predicted octanol–water partition coefficient (Wildman–Crippen LogP) is 5.32. The number of nitrogens with one attached hydrogen (secondary N) is 2. The molecule has 1 unspecified atom stereocenters. The van der Waals surface area contributed by atoms with Crippen LogP contribution in [0.1, 0.15) is 16.7 Å². The smallest absolute Gasteiger partial charge is 0.0387 e. The van der Waals surface area contributed by atoms with Crippen LogP contribution < -0.4 is 10.6 Å². The van der Waals surface area contributed by atoms with E-state index in [0.717, 1.165) is 24.2 Å². The van der Waals surface area contributed by atoms with Gasteiger partial charge in [0.2, 0.25) is 0 Å². The second kappa shape index (κ2) is 6.40. The van der Waals surface area contributed by atoms with Crippen LogP contribution in [0.25, 0.3) is 0 Å². The number of aryl methyl sites for hydroxylation is 1. The minimum absolute atomic E-state index is 0.480. The molecule has 2 heteroatoms. The Morgan fingerprint density at radius 3 is 2.33 bits per heavy atom. The fraction of sp³-hybridized carbons (Fsp3) is 0.182. The highest BCUT2D eigenvalue weighted by atomic mass is 14.9. The molecule has 120 valence electrons. The molecule has 0 radical (unpaired) electrons. The molecule has 4 rings (SSSR count). The lowest BCUT2D eigenvalue weighted by atomic mass is 10.1. The van der Waals surface area contributed by atoms with E-state index in [0.29, 0.717) is 6.04 Å². The van der Waals surface area contributed by atoms with Gasteiger partial charge in [-0.1, -0.05) is 42.5 Å². The standard InChI is InChI=1S/C22H22N2/c1-16-7-5-6-10-22(16)24-21-13-17-11-12-20(14-18(17)15-21)23-19-8-3-2-4-9-19/h2-12,14,21,23-24H,13,15H2,1H3. The fourth-order valence-corrected chi connectivity index (χ4v) is 3.44. The zero-order chi connectivity index (χ0) is 16.4. The summed E-state index contributed by atoms with van der Waals surface area (Å²) in [7, 11) is 0. The van der Waals surface area contributed by atoms with E-state index in [9.17, 15) is 0 Å². The number of hydrogen-bond donors (Lipinski definition) is 2. The number of fused-ring (bicyclic) bond motifs is 1. The summed E-state index contributed by atoms with van der Waals surface area (Å²) in [5.74, 6) is 0. The van der Waals surface area contributed by atoms with E-state index in [2.05, 4.69) is 84.3 Å². The lowest BCUT2D eigenvalue weighted by Gasteiger charge is -2.15. The Bertz CT molecular complexity index is 840. The minimum atomic E-state index is 0.480. The van der Waals surface area contributed by atoms with E-state index in [4.69, 9.17) is 0 Å². The molecule has 1 atom stereocenters. The van der Waals surface area contributed by atoms with Gasteiger partial charge in [0, 0.05) is 23.1 Å². The molecular formula is C22H22N2. The first kappa shape index (κ1) is 14.8. The van der Waals surface area contributed by atoms with Gasteiger partial charge in [-0.2, -0.15) is 0 Å². The number of rotatable bonds is 4. The molecule has 3 aromatic carbocycles. The molecule has 2 N–H and O–H groups in total. The van der Waals surface area contributed by atoms with E-state index in [1.165, 1.54) is 22.4 Å². The molecule has 0 amide bonds. The van der Waals surface area contributed by atoms with Crippen molar-refractivity contribution in [3.05, 3.63) is 89.5 Å². The Morgan fingerprint density at radius 2 is 1.50 bits per heavy atom. The lowest BCUT2D eigenvalue weighted by Crippen LogP contribution is -2.19. The third-order valence-electron chi connectivity index (χ3n) is 4.71. The van der Waals surface area contributed by atoms with Crippen LogP contribution in [-0.4, -0.2) is 6.04 Å². The maximum atomic E-state index is 3.70. The van der Waals surface area contributed by atoms with Gasteiger partial charge in [0.1, 0.15) is 0 Å². The van der Waals surface area contributed by atoms with Crippen molar-refractivity contribution in [3.63, 3.8) is 0 Å². The summed E-state index contributed by atoms with van der Waals surface area (Å²) >= 11 is 0. The predicted molar refractivity (Wildman–Crippen MR) is 102 cm³/mol. The third-order valence-corrected chi connectivity index (χ3v) is 4.71. The van der Waals surface area contributed by atoms with Gasteiger partial charge in [0.25, 0.3) is 0 Å². The average Bonchev–Trinajstić information content (AvgIpc) is 2.99. The molecule has 0 aliphatic heterocycles. The van der Waals surface area contributed by atoms with Gasteiger partial charge in [-0.25, -0.2) is 0 Å². The van der Waals surface area contributed by atoms with E-state index in [-0.39, 0.29) is 0 Å². The van der Waals surface area contributed by atoms with Gasteiger partial charge >= 0.3 is 0 Å². The third kappa shape index (κ3) is 3.13. The molecule has 1 aliphatic carbocycles. The van der Waals surface area contributed by atoms with Crippen molar-refractivity contribution in [1.29, 1.82) is 0 Å². The van der Waals surface area contributed by atoms with Gasteiger partial charge in [0.15, 0.2) is 0 Å². The molecule has 0 saturated carbocycles. The van der Waals surface area contributed by atoms with Crippen LogP contribution in [0.15, 0.2) is 72.8 Å². The van der Waals surface area contributed by atoms with Crippen molar-refractivity contribution < 1.29 is 0 Å². The molecule has 24 heavy (non-hydrogen) atoms. The van der Waals surface area contributed by atoms with E-state index < -0.39 is 0 Å². The molecule has 0 aromatic heterocycles. The Balaban J connectivity index is 1.47. The number of benzene rings is 3. The van der Waals surface area contributed by atoms with Gasteiger partial charge in [-0.15, -0.1) is 0 Å². The van der Waals surface area contributed by atoms with Crippen LogP contribution in [0.5, 0.6) is 0 Å². The first-order valence-electron chi connectivity index (χ1n) is 8.54. The summed E-state index contributed by atoms with van der Waals surface area (Å²) in [6.45, 7) is 2.16. The van der Waals surface area contributed by atoms with E-state index in [1.807, 2.05) is 6.07 Å². The Morgan fingerprint density at radius 1 is 0.750 bits per heavy atom. The maximum absolute atomic E-state index is 3.70. The highest BCUT2D eigenvalue weighted by molar-refractivity contribution is 5.62. The van der Waals surface area contributed by atoms with Crippen molar-refractivity contribution in [1.82, 2.24) is 0 Å². The number of anilines is 3. The molecule has 0 saturated heterocycles. The molecule has 0 bridgehead atoms. The van der Waals surface area contributed by atoms with Crippen molar-refractivity contribution >= 4 is 17.1 Å². The first-order chi connectivity index (χ1) is 11.8. The molecule has 0 fully saturated rings. The normalized spacial score (nSPS) is 15.8. The van der Waals surface area contributed by atoms with Gasteiger partial charge < -0.3 is 10.6 Å². The highest BCUT2D eigenvalue weighted by Crippen LogP contribution is 2.29. The highest BCUT2D eigenvalue weighted by Gasteiger charge is 2.21. The molecule has 0 spiro atoms. The lowest BCUT2D eigenvalue weighted by molar-refractivity contribution is 0.773. The summed E-state index contributed by atoms with van der Waals surface area (Å²) in [5, 5.41) is 7.19. The maximum Gasteiger partial charge on any atom is 0.0387 e. The summed E-state index contributed by atoms with van der Waals surface area (Å²) < 4.78 is 0. The summed E-state index contributed by atoms with van der Waals surface area (Å²) in [5.41, 5.74) is 7.75. The number of para-hydroxylation sites is 2. The fourth-order valence-electron chi connectivity index (χ4n) is 3.44. The van der Waals surface area contributed by atoms with E-state index in [1.54, 1.807) is 0 Å². The average molecular weight is 314 g/mol. The van der Waals surface area contributed by atoms with Crippen LogP contribution in [-0.2, 0) is 12.8 Å². The van der Waals surface area contributed by atoms with Gasteiger partial charge in [0.05, 0.1) is 0 Å². The quantitative estimate of drug-likeness (QED) is 0.681. The molecular weight excluding hydrogens is 292 g/mol. The Labute approximate surface area is 143 Å². The van der Waals surface area contributed by atoms with Gasteiger partial charge in [-0.05, 0) is 66.8 Å². The molecule has 1 aliphatic rings. The van der Waals surface area contributed by atoms with Crippen molar-refractivity contribution in [3.8, 4) is 0 Å². The van der Waals surface area contributed by atoms with Crippen LogP contribution in [0, 0.1) is 6.92 Å². The zero-order valence-corrected chi connectivity index (χ0v) is 13.9. The Kier molecular flexibility index (Phi) is 3.96. The molecule has 3 aromatic rings.